The molecular weight excluding hydrogens is 410 g/mol. The van der Waals surface area contributed by atoms with Gasteiger partial charge in [0, 0.05) is 14.5 Å². The number of halogens is 2. The number of benzene rings is 2. The highest BCUT2D eigenvalue weighted by Crippen LogP contribution is 2.22. The maximum absolute atomic E-state index is 12.5. The maximum atomic E-state index is 12.5. The second kappa shape index (κ2) is 6.06. The molecule has 0 spiro atoms. The zero-order chi connectivity index (χ0) is 15.7. The third-order valence-electron chi connectivity index (χ3n) is 3.23. The summed E-state index contributed by atoms with van der Waals surface area (Å²) >= 11 is 6.73. The Morgan fingerprint density at radius 1 is 0.955 bits per heavy atom. The van der Waals surface area contributed by atoms with Crippen LogP contribution >= 0.6 is 31.9 Å². The maximum Gasteiger partial charge on any atom is 0.198 e. The van der Waals surface area contributed by atoms with Crippen LogP contribution in [0.25, 0.3) is 5.69 Å². The Hall–Kier alpha value is -1.92. The Bertz CT molecular complexity index is 824. The highest BCUT2D eigenvalue weighted by Gasteiger charge is 2.17. The van der Waals surface area contributed by atoms with Crippen molar-refractivity contribution in [2.24, 2.45) is 0 Å². The number of nitrogens with two attached hydrogens (primary N) is 1. The topological polar surface area (TPSA) is 60.9 Å². The van der Waals surface area contributed by atoms with Crippen molar-refractivity contribution >= 4 is 43.5 Å². The fourth-order valence-corrected chi connectivity index (χ4v) is 2.61. The third kappa shape index (κ3) is 2.84. The standard InChI is InChI=1S/C16H11Br2N3O/c17-11-3-1-10(2-4-11)15(22)14-9-20-21(16(14)19)13-7-5-12(18)6-8-13/h1-9H,19H2. The van der Waals surface area contributed by atoms with Gasteiger partial charge in [0.05, 0.1) is 17.4 Å². The van der Waals surface area contributed by atoms with Gasteiger partial charge in [-0.15, -0.1) is 0 Å². The highest BCUT2D eigenvalue weighted by atomic mass is 79.9. The average Bonchev–Trinajstić information content (AvgIpc) is 2.90. The summed E-state index contributed by atoms with van der Waals surface area (Å²) in [6.45, 7) is 0. The molecule has 0 atom stereocenters. The van der Waals surface area contributed by atoms with Gasteiger partial charge in [-0.25, -0.2) is 4.68 Å². The minimum Gasteiger partial charge on any atom is -0.383 e. The SMILES string of the molecule is Nc1c(C(=O)c2ccc(Br)cc2)cnn1-c1ccc(Br)cc1. The molecule has 2 N–H and O–H groups in total. The van der Waals surface area contributed by atoms with Crippen molar-refractivity contribution < 1.29 is 4.79 Å². The van der Waals surface area contributed by atoms with Crippen molar-refractivity contribution in [1.29, 1.82) is 0 Å². The summed E-state index contributed by atoms with van der Waals surface area (Å²) in [7, 11) is 0. The highest BCUT2D eigenvalue weighted by molar-refractivity contribution is 9.10. The predicted molar refractivity (Wildman–Crippen MR) is 93.3 cm³/mol. The van der Waals surface area contributed by atoms with Crippen LogP contribution in [-0.4, -0.2) is 15.6 Å². The van der Waals surface area contributed by atoms with Gasteiger partial charge in [-0.2, -0.15) is 5.10 Å². The molecule has 1 heterocycles. The van der Waals surface area contributed by atoms with Gasteiger partial charge < -0.3 is 5.73 Å². The minimum atomic E-state index is -0.145. The van der Waals surface area contributed by atoms with Crippen LogP contribution in [0.1, 0.15) is 15.9 Å². The third-order valence-corrected chi connectivity index (χ3v) is 4.29. The van der Waals surface area contributed by atoms with Gasteiger partial charge in [-0.3, -0.25) is 4.79 Å². The summed E-state index contributed by atoms with van der Waals surface area (Å²) in [6, 6.07) is 14.7. The summed E-state index contributed by atoms with van der Waals surface area (Å²) in [5, 5.41) is 4.23. The zero-order valence-electron chi connectivity index (χ0n) is 11.3. The largest absolute Gasteiger partial charge is 0.383 e. The lowest BCUT2D eigenvalue weighted by Crippen LogP contribution is -2.07. The van der Waals surface area contributed by atoms with Crippen molar-refractivity contribution in [3.8, 4) is 5.69 Å². The molecule has 22 heavy (non-hydrogen) atoms. The van der Waals surface area contributed by atoms with E-state index in [-0.39, 0.29) is 5.78 Å². The first-order chi connectivity index (χ1) is 10.6. The summed E-state index contributed by atoms with van der Waals surface area (Å²) < 4.78 is 3.44. The van der Waals surface area contributed by atoms with Crippen LogP contribution < -0.4 is 5.73 Å². The molecule has 0 amide bonds. The van der Waals surface area contributed by atoms with Crippen LogP contribution in [0.2, 0.25) is 0 Å². The molecule has 0 aliphatic heterocycles. The fourth-order valence-electron chi connectivity index (χ4n) is 2.08. The molecule has 3 rings (SSSR count). The van der Waals surface area contributed by atoms with E-state index in [1.54, 1.807) is 16.8 Å². The molecule has 0 saturated heterocycles. The van der Waals surface area contributed by atoms with Crippen molar-refractivity contribution in [3.05, 3.63) is 74.8 Å². The monoisotopic (exact) mass is 419 g/mol. The molecule has 0 aliphatic carbocycles. The molecule has 0 fully saturated rings. The van der Waals surface area contributed by atoms with Crippen LogP contribution in [0.4, 0.5) is 5.82 Å². The Morgan fingerprint density at radius 2 is 1.50 bits per heavy atom. The van der Waals surface area contributed by atoms with Crippen molar-refractivity contribution in [2.45, 2.75) is 0 Å². The van der Waals surface area contributed by atoms with E-state index in [2.05, 4.69) is 37.0 Å². The molecule has 0 unspecified atom stereocenters. The van der Waals surface area contributed by atoms with Crippen LogP contribution in [0.15, 0.2) is 63.7 Å². The molecule has 6 heteroatoms. The Morgan fingerprint density at radius 3 is 2.09 bits per heavy atom. The van der Waals surface area contributed by atoms with E-state index < -0.39 is 0 Å². The van der Waals surface area contributed by atoms with Gasteiger partial charge in [0.1, 0.15) is 5.82 Å². The van der Waals surface area contributed by atoms with Gasteiger partial charge in [-0.05, 0) is 48.5 Å². The number of rotatable bonds is 3. The van der Waals surface area contributed by atoms with E-state index in [0.717, 1.165) is 14.6 Å². The zero-order valence-corrected chi connectivity index (χ0v) is 14.5. The van der Waals surface area contributed by atoms with Gasteiger partial charge in [0.25, 0.3) is 0 Å². The Labute approximate surface area is 144 Å². The second-order valence-electron chi connectivity index (χ2n) is 4.67. The number of anilines is 1. The van der Waals surface area contributed by atoms with E-state index in [4.69, 9.17) is 5.73 Å². The lowest BCUT2D eigenvalue weighted by atomic mass is 10.1. The van der Waals surface area contributed by atoms with Crippen LogP contribution in [0.5, 0.6) is 0 Å². The van der Waals surface area contributed by atoms with Gasteiger partial charge >= 0.3 is 0 Å². The molecule has 4 nitrogen and oxygen atoms in total. The first kappa shape index (κ1) is 15.0. The van der Waals surface area contributed by atoms with Gasteiger partial charge in [0.15, 0.2) is 5.78 Å². The number of aromatic nitrogens is 2. The van der Waals surface area contributed by atoms with Crippen molar-refractivity contribution in [2.75, 3.05) is 5.73 Å². The number of nitrogen functional groups attached to an aromatic ring is 1. The van der Waals surface area contributed by atoms with Crippen molar-refractivity contribution in [1.82, 2.24) is 9.78 Å². The minimum absolute atomic E-state index is 0.145. The lowest BCUT2D eigenvalue weighted by molar-refractivity contribution is 0.103. The van der Waals surface area contributed by atoms with E-state index in [9.17, 15) is 4.79 Å². The van der Waals surface area contributed by atoms with E-state index in [0.29, 0.717) is 16.9 Å². The lowest BCUT2D eigenvalue weighted by Gasteiger charge is -2.05. The molecule has 0 radical (unpaired) electrons. The predicted octanol–water partition coefficient (Wildman–Crippen LogP) is 4.21. The summed E-state index contributed by atoms with van der Waals surface area (Å²) in [5.74, 6) is 0.184. The first-order valence-electron chi connectivity index (χ1n) is 6.46. The molecular formula is C16H11Br2N3O. The van der Waals surface area contributed by atoms with Crippen molar-refractivity contribution in [3.63, 3.8) is 0 Å². The van der Waals surface area contributed by atoms with Crippen LogP contribution in [0, 0.1) is 0 Å². The van der Waals surface area contributed by atoms with E-state index in [1.807, 2.05) is 36.4 Å². The van der Waals surface area contributed by atoms with Crippen LogP contribution in [-0.2, 0) is 0 Å². The van der Waals surface area contributed by atoms with E-state index in [1.165, 1.54) is 6.20 Å². The quantitative estimate of drug-likeness (QED) is 0.645. The number of nitrogens with zero attached hydrogens (tertiary/aromatic N) is 2. The first-order valence-corrected chi connectivity index (χ1v) is 8.04. The number of carbonyl (C=O) groups excluding carboxylic acids is 1. The number of carbonyl (C=O) groups is 1. The summed E-state index contributed by atoms with van der Waals surface area (Å²) in [6.07, 6.45) is 1.50. The average molecular weight is 421 g/mol. The van der Waals surface area contributed by atoms with E-state index >= 15 is 0 Å². The molecule has 110 valence electrons. The van der Waals surface area contributed by atoms with Gasteiger partial charge in [0.2, 0.25) is 0 Å². The summed E-state index contributed by atoms with van der Waals surface area (Å²) in [5.41, 5.74) is 7.87. The molecule has 1 aromatic heterocycles. The Kier molecular flexibility index (Phi) is 4.13. The molecule has 0 bridgehead atoms. The normalized spacial score (nSPS) is 10.6. The molecule has 2 aromatic carbocycles. The number of ketones is 1. The number of hydrogen-bond acceptors (Lipinski definition) is 3. The molecule has 0 aliphatic rings. The Balaban J connectivity index is 1.98. The smallest absolute Gasteiger partial charge is 0.198 e. The number of hydrogen-bond donors (Lipinski definition) is 1. The van der Waals surface area contributed by atoms with Gasteiger partial charge in [-0.1, -0.05) is 31.9 Å². The fraction of sp³-hybridized carbons (Fsp3) is 0. The second-order valence-corrected chi connectivity index (χ2v) is 6.50. The summed E-state index contributed by atoms with van der Waals surface area (Å²) in [4.78, 5) is 12.5. The molecule has 3 aromatic rings. The van der Waals surface area contributed by atoms with Crippen LogP contribution in [0.3, 0.4) is 0 Å². The molecule has 0 saturated carbocycles.